The van der Waals surface area contributed by atoms with E-state index in [-0.39, 0.29) is 31.3 Å². The number of nitrogens with zero attached hydrogens (tertiary/aromatic N) is 2. The molecule has 8 nitrogen and oxygen atoms in total. The minimum atomic E-state index is -1.00. The first-order chi connectivity index (χ1) is 16.9. The first-order valence-electron chi connectivity index (χ1n) is 12.2. The van der Waals surface area contributed by atoms with Gasteiger partial charge in [0.05, 0.1) is 0 Å². The van der Waals surface area contributed by atoms with Crippen LogP contribution in [0.2, 0.25) is 0 Å². The van der Waals surface area contributed by atoms with Crippen LogP contribution in [0.15, 0.2) is 48.5 Å². The fraction of sp³-hybridized carbons (Fsp3) is 0.444. The molecule has 35 heavy (non-hydrogen) atoms. The Hall–Kier alpha value is -3.39. The lowest BCUT2D eigenvalue weighted by Gasteiger charge is -2.25. The Morgan fingerprint density at radius 1 is 0.971 bits per heavy atom. The average Bonchev–Trinajstić information content (AvgIpc) is 3.49. The third-order valence-electron chi connectivity index (χ3n) is 7.56. The summed E-state index contributed by atoms with van der Waals surface area (Å²) in [5.41, 5.74) is 4.48. The number of likely N-dealkylation sites (tertiary alicyclic amines) is 2. The summed E-state index contributed by atoms with van der Waals surface area (Å²) in [5, 5.41) is 11.8. The van der Waals surface area contributed by atoms with Crippen LogP contribution in [0.3, 0.4) is 0 Å². The maximum Gasteiger partial charge on any atom is 0.407 e. The third kappa shape index (κ3) is 4.75. The molecule has 5 rings (SSSR count). The van der Waals surface area contributed by atoms with Gasteiger partial charge in [-0.2, -0.15) is 0 Å². The van der Waals surface area contributed by atoms with Crippen LogP contribution < -0.4 is 5.32 Å². The zero-order valence-corrected chi connectivity index (χ0v) is 19.9. The maximum absolute atomic E-state index is 13.2. The molecule has 0 bridgehead atoms. The summed E-state index contributed by atoms with van der Waals surface area (Å²) in [6.45, 7) is 3.33. The van der Waals surface area contributed by atoms with Gasteiger partial charge in [0.1, 0.15) is 12.6 Å². The number of rotatable bonds is 7. The van der Waals surface area contributed by atoms with Crippen molar-refractivity contribution in [2.45, 2.75) is 24.8 Å². The van der Waals surface area contributed by atoms with E-state index >= 15 is 0 Å². The lowest BCUT2D eigenvalue weighted by molar-refractivity contribution is -0.138. The van der Waals surface area contributed by atoms with Gasteiger partial charge < -0.3 is 25.0 Å². The van der Waals surface area contributed by atoms with Gasteiger partial charge in [0.15, 0.2) is 0 Å². The van der Waals surface area contributed by atoms with Gasteiger partial charge in [-0.1, -0.05) is 48.5 Å². The van der Waals surface area contributed by atoms with Crippen molar-refractivity contribution < 1.29 is 24.2 Å². The molecule has 8 heteroatoms. The number of hydrogen-bond donors (Lipinski definition) is 2. The fourth-order valence-electron chi connectivity index (χ4n) is 5.94. The van der Waals surface area contributed by atoms with Gasteiger partial charge >= 0.3 is 12.1 Å². The van der Waals surface area contributed by atoms with Crippen LogP contribution in [-0.4, -0.2) is 78.8 Å². The Kier molecular flexibility index (Phi) is 6.47. The fourth-order valence-corrected chi connectivity index (χ4v) is 5.94. The van der Waals surface area contributed by atoms with E-state index in [0.29, 0.717) is 24.9 Å². The number of carboxylic acids is 1. The van der Waals surface area contributed by atoms with Gasteiger partial charge in [-0.25, -0.2) is 4.79 Å². The molecule has 2 fully saturated rings. The predicted octanol–water partition coefficient (Wildman–Crippen LogP) is 2.78. The van der Waals surface area contributed by atoms with Crippen LogP contribution in [0, 0.1) is 11.8 Å². The van der Waals surface area contributed by atoms with Crippen molar-refractivity contribution in [3.63, 3.8) is 0 Å². The number of hydrogen-bond acceptors (Lipinski definition) is 5. The molecule has 2 saturated heterocycles. The monoisotopic (exact) mass is 477 g/mol. The summed E-state index contributed by atoms with van der Waals surface area (Å²) in [6.07, 6.45) is -0.872. The highest BCUT2D eigenvalue weighted by molar-refractivity contribution is 5.86. The Morgan fingerprint density at radius 2 is 1.54 bits per heavy atom. The molecule has 0 spiro atoms. The number of alkyl carbamates (subject to hydrolysis) is 1. The number of aliphatic carboxylic acids is 1. The van der Waals surface area contributed by atoms with Gasteiger partial charge in [0.2, 0.25) is 5.91 Å². The quantitative estimate of drug-likeness (QED) is 0.636. The largest absolute Gasteiger partial charge is 0.481 e. The Morgan fingerprint density at radius 3 is 2.11 bits per heavy atom. The number of nitrogens with one attached hydrogen (secondary N) is 1. The Balaban J connectivity index is 1.23. The number of benzene rings is 2. The standard InChI is InChI=1S/C27H31N3O5/c1-29-12-17-14-30(15-18(17)13-29)26(33)24(10-11-25(31)32)28-27(34)35-16-23-21-8-4-2-6-19(21)20-7-3-5-9-22(20)23/h2-9,17-18,23-24H,10-16H2,1H3,(H,28,34)(H,31,32)/t17-,18+,24?. The molecule has 0 saturated carbocycles. The number of carboxylic acid groups (broad SMARTS) is 1. The van der Waals surface area contributed by atoms with Gasteiger partial charge in [0.25, 0.3) is 0 Å². The molecule has 2 heterocycles. The van der Waals surface area contributed by atoms with E-state index in [1.165, 1.54) is 0 Å². The van der Waals surface area contributed by atoms with Crippen LogP contribution in [0.5, 0.6) is 0 Å². The van der Waals surface area contributed by atoms with Crippen LogP contribution in [-0.2, 0) is 14.3 Å². The van der Waals surface area contributed by atoms with Crippen molar-refractivity contribution in [2.75, 3.05) is 39.8 Å². The van der Waals surface area contributed by atoms with Crippen LogP contribution in [0.25, 0.3) is 11.1 Å². The van der Waals surface area contributed by atoms with Crippen molar-refractivity contribution in [3.05, 3.63) is 59.7 Å². The topological polar surface area (TPSA) is 99.2 Å². The summed E-state index contributed by atoms with van der Waals surface area (Å²) >= 11 is 0. The van der Waals surface area contributed by atoms with Crippen molar-refractivity contribution in [3.8, 4) is 11.1 Å². The molecule has 0 aromatic heterocycles. The second kappa shape index (κ2) is 9.70. The van der Waals surface area contributed by atoms with Crippen LogP contribution >= 0.6 is 0 Å². The molecule has 2 N–H and O–H groups in total. The van der Waals surface area contributed by atoms with Crippen LogP contribution in [0.1, 0.15) is 29.9 Å². The highest BCUT2D eigenvalue weighted by atomic mass is 16.5. The highest BCUT2D eigenvalue weighted by Crippen LogP contribution is 2.44. The molecule has 2 amide bonds. The molecule has 1 aliphatic carbocycles. The molecule has 1 unspecified atom stereocenters. The predicted molar refractivity (Wildman–Crippen MR) is 130 cm³/mol. The van der Waals surface area contributed by atoms with Crippen molar-refractivity contribution in [1.82, 2.24) is 15.1 Å². The van der Waals surface area contributed by atoms with Crippen LogP contribution in [0.4, 0.5) is 4.79 Å². The van der Waals surface area contributed by atoms with E-state index in [9.17, 15) is 14.4 Å². The molecule has 2 aromatic rings. The summed E-state index contributed by atoms with van der Waals surface area (Å²) in [6, 6.07) is 15.2. The summed E-state index contributed by atoms with van der Waals surface area (Å²) in [7, 11) is 2.08. The zero-order chi connectivity index (χ0) is 24.5. The smallest absolute Gasteiger partial charge is 0.407 e. The second-order valence-electron chi connectivity index (χ2n) is 9.94. The Bertz CT molecular complexity index is 1080. The van der Waals surface area contributed by atoms with E-state index in [1.807, 2.05) is 36.4 Å². The minimum Gasteiger partial charge on any atom is -0.481 e. The summed E-state index contributed by atoms with van der Waals surface area (Å²) < 4.78 is 5.60. The molecule has 184 valence electrons. The third-order valence-corrected chi connectivity index (χ3v) is 7.56. The Labute approximate surface area is 204 Å². The molecular weight excluding hydrogens is 446 g/mol. The van der Waals surface area contributed by atoms with E-state index in [4.69, 9.17) is 9.84 Å². The molecular formula is C27H31N3O5. The average molecular weight is 478 g/mol. The van der Waals surface area contributed by atoms with Crippen molar-refractivity contribution >= 4 is 18.0 Å². The lowest BCUT2D eigenvalue weighted by Crippen LogP contribution is -2.49. The summed E-state index contributed by atoms with van der Waals surface area (Å²) in [5.74, 6) is -0.456. The first kappa shape index (κ1) is 23.4. The van der Waals surface area contributed by atoms with Gasteiger partial charge in [-0.15, -0.1) is 0 Å². The van der Waals surface area contributed by atoms with E-state index < -0.39 is 18.1 Å². The number of carbonyl (C=O) groups is 3. The normalized spacial score (nSPS) is 21.8. The molecule has 2 aliphatic heterocycles. The van der Waals surface area contributed by atoms with Crippen molar-refractivity contribution in [1.29, 1.82) is 0 Å². The van der Waals surface area contributed by atoms with E-state index in [0.717, 1.165) is 35.3 Å². The minimum absolute atomic E-state index is 0.0318. The molecule has 3 atom stereocenters. The lowest BCUT2D eigenvalue weighted by atomic mass is 9.98. The number of amides is 2. The van der Waals surface area contributed by atoms with Crippen molar-refractivity contribution in [2.24, 2.45) is 11.8 Å². The second-order valence-corrected chi connectivity index (χ2v) is 9.94. The molecule has 0 radical (unpaired) electrons. The zero-order valence-electron chi connectivity index (χ0n) is 19.9. The first-order valence-corrected chi connectivity index (χ1v) is 12.2. The van der Waals surface area contributed by atoms with E-state index in [1.54, 1.807) is 4.90 Å². The SMILES string of the molecule is CN1C[C@@H]2CN(C(=O)C(CCC(=O)O)NC(=O)OCC3c4ccccc4-c4ccccc43)C[C@@H]2C1. The van der Waals surface area contributed by atoms with Gasteiger partial charge in [-0.05, 0) is 47.6 Å². The number of carbonyl (C=O) groups excluding carboxylic acids is 2. The molecule has 2 aromatic carbocycles. The highest BCUT2D eigenvalue weighted by Gasteiger charge is 2.42. The number of ether oxygens (including phenoxy) is 1. The van der Waals surface area contributed by atoms with Gasteiger partial charge in [0, 0.05) is 38.5 Å². The summed E-state index contributed by atoms with van der Waals surface area (Å²) in [4.78, 5) is 41.3. The molecule has 3 aliphatic rings. The maximum atomic E-state index is 13.2. The van der Waals surface area contributed by atoms with Gasteiger partial charge in [-0.3, -0.25) is 9.59 Å². The number of fused-ring (bicyclic) bond motifs is 4. The van der Waals surface area contributed by atoms with E-state index in [2.05, 4.69) is 29.4 Å².